The van der Waals surface area contributed by atoms with Gasteiger partial charge in [-0.15, -0.1) is 0 Å². The Kier molecular flexibility index (Phi) is 4.16. The van der Waals surface area contributed by atoms with Crippen molar-refractivity contribution in [2.24, 2.45) is 5.92 Å². The highest BCUT2D eigenvalue weighted by molar-refractivity contribution is 4.88. The van der Waals surface area contributed by atoms with Gasteiger partial charge in [0.1, 0.15) is 0 Å². The number of β-amino-alcohol motifs (C(OH)–C–C–N with tert-alkyl or cyclic N) is 1. The van der Waals surface area contributed by atoms with E-state index in [1.54, 1.807) is 0 Å². The summed E-state index contributed by atoms with van der Waals surface area (Å²) < 4.78 is 0. The molecule has 0 aliphatic carbocycles. The van der Waals surface area contributed by atoms with Gasteiger partial charge >= 0.3 is 0 Å². The Morgan fingerprint density at radius 3 is 2.54 bits per heavy atom. The van der Waals surface area contributed by atoms with Crippen LogP contribution in [-0.4, -0.2) is 48.3 Å². The van der Waals surface area contributed by atoms with Gasteiger partial charge < -0.3 is 10.4 Å². The number of aliphatic hydroxyl groups is 1. The molecule has 0 saturated carbocycles. The first-order chi connectivity index (χ1) is 6.15. The predicted molar refractivity (Wildman–Crippen MR) is 54.7 cm³/mol. The minimum atomic E-state index is -0.182. The number of likely N-dealkylation sites (N-methyl/N-ethyl adjacent to an activating group) is 1. The van der Waals surface area contributed by atoms with Crippen LogP contribution in [-0.2, 0) is 0 Å². The number of hydrogen-bond donors (Lipinski definition) is 2. The number of nitrogens with one attached hydrogen (secondary N) is 1. The second-order valence-electron chi connectivity index (χ2n) is 4.27. The quantitative estimate of drug-likeness (QED) is 0.663. The fourth-order valence-corrected chi connectivity index (χ4v) is 1.99. The van der Waals surface area contributed by atoms with Gasteiger partial charge in [0, 0.05) is 25.7 Å². The molecule has 1 saturated heterocycles. The Bertz CT molecular complexity index is 150. The van der Waals surface area contributed by atoms with Gasteiger partial charge in [-0.25, -0.2) is 0 Å². The van der Waals surface area contributed by atoms with E-state index in [1.807, 2.05) is 0 Å². The third kappa shape index (κ3) is 2.93. The molecule has 1 heterocycles. The van der Waals surface area contributed by atoms with Crippen LogP contribution in [0.25, 0.3) is 0 Å². The molecule has 1 aliphatic rings. The number of hydrogen-bond acceptors (Lipinski definition) is 3. The Morgan fingerprint density at radius 2 is 2.15 bits per heavy atom. The van der Waals surface area contributed by atoms with Gasteiger partial charge in [-0.1, -0.05) is 20.8 Å². The van der Waals surface area contributed by atoms with Crippen molar-refractivity contribution < 1.29 is 5.11 Å². The monoisotopic (exact) mass is 186 g/mol. The largest absolute Gasteiger partial charge is 0.390 e. The summed E-state index contributed by atoms with van der Waals surface area (Å²) >= 11 is 0. The zero-order valence-corrected chi connectivity index (χ0v) is 8.95. The van der Waals surface area contributed by atoms with Crippen LogP contribution in [0.4, 0.5) is 0 Å². The van der Waals surface area contributed by atoms with Crippen LogP contribution in [0.15, 0.2) is 0 Å². The van der Waals surface area contributed by atoms with Crippen LogP contribution in [0.3, 0.4) is 0 Å². The lowest BCUT2D eigenvalue weighted by atomic mass is 10.1. The molecule has 0 bridgehead atoms. The summed E-state index contributed by atoms with van der Waals surface area (Å²) in [4.78, 5) is 2.37. The molecule has 3 heteroatoms. The van der Waals surface area contributed by atoms with E-state index in [-0.39, 0.29) is 6.10 Å². The van der Waals surface area contributed by atoms with E-state index < -0.39 is 0 Å². The van der Waals surface area contributed by atoms with Gasteiger partial charge in [0.2, 0.25) is 0 Å². The van der Waals surface area contributed by atoms with Gasteiger partial charge in [-0.2, -0.15) is 0 Å². The molecule has 0 spiro atoms. The number of rotatable bonds is 4. The SMILES string of the molecule is CCN(CC(C)C)C1CNCC1O. The maximum absolute atomic E-state index is 9.70. The molecular formula is C10H22N2O. The normalized spacial score (nSPS) is 29.1. The molecular weight excluding hydrogens is 164 g/mol. The van der Waals surface area contributed by atoms with E-state index in [1.165, 1.54) is 0 Å². The van der Waals surface area contributed by atoms with Crippen molar-refractivity contribution in [1.29, 1.82) is 0 Å². The summed E-state index contributed by atoms with van der Waals surface area (Å²) in [6.07, 6.45) is -0.182. The lowest BCUT2D eigenvalue weighted by Crippen LogP contribution is -2.44. The molecule has 0 radical (unpaired) electrons. The van der Waals surface area contributed by atoms with Crippen molar-refractivity contribution in [3.63, 3.8) is 0 Å². The Hall–Kier alpha value is -0.120. The fourth-order valence-electron chi connectivity index (χ4n) is 1.99. The first-order valence-electron chi connectivity index (χ1n) is 5.28. The van der Waals surface area contributed by atoms with Crippen molar-refractivity contribution in [2.75, 3.05) is 26.2 Å². The minimum absolute atomic E-state index is 0.182. The van der Waals surface area contributed by atoms with E-state index in [2.05, 4.69) is 31.0 Å². The zero-order valence-electron chi connectivity index (χ0n) is 8.95. The maximum Gasteiger partial charge on any atom is 0.0831 e. The standard InChI is InChI=1S/C10H22N2O/c1-4-12(7-8(2)3)9-5-11-6-10(9)13/h8-11,13H,4-7H2,1-3H3. The maximum atomic E-state index is 9.70. The van der Waals surface area contributed by atoms with Crippen LogP contribution in [0, 0.1) is 5.92 Å². The van der Waals surface area contributed by atoms with Gasteiger partial charge in [-0.3, -0.25) is 4.90 Å². The Balaban J connectivity index is 2.45. The Labute approximate surface area is 81.1 Å². The molecule has 0 aromatic rings. The van der Waals surface area contributed by atoms with Crippen molar-refractivity contribution in [2.45, 2.75) is 32.9 Å². The minimum Gasteiger partial charge on any atom is -0.390 e. The molecule has 13 heavy (non-hydrogen) atoms. The zero-order chi connectivity index (χ0) is 9.84. The molecule has 0 aromatic carbocycles. The van der Waals surface area contributed by atoms with Crippen LogP contribution in [0.2, 0.25) is 0 Å². The van der Waals surface area contributed by atoms with Crippen molar-refractivity contribution in [1.82, 2.24) is 10.2 Å². The average Bonchev–Trinajstić information content (AvgIpc) is 2.47. The smallest absolute Gasteiger partial charge is 0.0831 e. The Morgan fingerprint density at radius 1 is 1.46 bits per heavy atom. The van der Waals surface area contributed by atoms with Gasteiger partial charge in [0.15, 0.2) is 0 Å². The molecule has 2 unspecified atom stereocenters. The summed E-state index contributed by atoms with van der Waals surface area (Å²) in [5.74, 6) is 0.674. The molecule has 0 amide bonds. The molecule has 1 fully saturated rings. The lowest BCUT2D eigenvalue weighted by molar-refractivity contribution is 0.0790. The molecule has 78 valence electrons. The van der Waals surface area contributed by atoms with Crippen molar-refractivity contribution in [3.05, 3.63) is 0 Å². The first kappa shape index (κ1) is 11.0. The van der Waals surface area contributed by atoms with E-state index >= 15 is 0 Å². The summed E-state index contributed by atoms with van der Waals surface area (Å²) in [5, 5.41) is 12.9. The number of aliphatic hydroxyl groups excluding tert-OH is 1. The third-order valence-electron chi connectivity index (χ3n) is 2.63. The highest BCUT2D eigenvalue weighted by Gasteiger charge is 2.29. The third-order valence-corrected chi connectivity index (χ3v) is 2.63. The van der Waals surface area contributed by atoms with E-state index in [0.717, 1.165) is 26.2 Å². The van der Waals surface area contributed by atoms with Crippen molar-refractivity contribution >= 4 is 0 Å². The summed E-state index contributed by atoms with van der Waals surface area (Å²) in [5.41, 5.74) is 0. The van der Waals surface area contributed by atoms with E-state index in [0.29, 0.717) is 12.0 Å². The fraction of sp³-hybridized carbons (Fsp3) is 1.00. The molecule has 1 aliphatic heterocycles. The van der Waals surface area contributed by atoms with Crippen LogP contribution in [0.1, 0.15) is 20.8 Å². The molecule has 2 atom stereocenters. The second-order valence-corrected chi connectivity index (χ2v) is 4.27. The lowest BCUT2D eigenvalue weighted by Gasteiger charge is -2.30. The van der Waals surface area contributed by atoms with Gasteiger partial charge in [0.25, 0.3) is 0 Å². The van der Waals surface area contributed by atoms with Crippen LogP contribution in [0.5, 0.6) is 0 Å². The van der Waals surface area contributed by atoms with Crippen LogP contribution < -0.4 is 5.32 Å². The van der Waals surface area contributed by atoms with Gasteiger partial charge in [-0.05, 0) is 12.5 Å². The van der Waals surface area contributed by atoms with Gasteiger partial charge in [0.05, 0.1) is 6.10 Å². The van der Waals surface area contributed by atoms with E-state index in [4.69, 9.17) is 0 Å². The highest BCUT2D eigenvalue weighted by Crippen LogP contribution is 2.11. The van der Waals surface area contributed by atoms with Crippen molar-refractivity contribution in [3.8, 4) is 0 Å². The molecule has 3 nitrogen and oxygen atoms in total. The summed E-state index contributed by atoms with van der Waals surface area (Å²) in [7, 11) is 0. The summed E-state index contributed by atoms with van der Waals surface area (Å²) in [6.45, 7) is 10.4. The van der Waals surface area contributed by atoms with E-state index in [9.17, 15) is 5.11 Å². The molecule has 2 N–H and O–H groups in total. The first-order valence-corrected chi connectivity index (χ1v) is 5.28. The highest BCUT2D eigenvalue weighted by atomic mass is 16.3. The second kappa shape index (κ2) is 4.94. The molecule has 0 aromatic heterocycles. The van der Waals surface area contributed by atoms with Crippen LogP contribution >= 0.6 is 0 Å². The average molecular weight is 186 g/mol. The topological polar surface area (TPSA) is 35.5 Å². The summed E-state index contributed by atoms with van der Waals surface area (Å²) in [6, 6.07) is 0.326. The number of nitrogens with zero attached hydrogens (tertiary/aromatic N) is 1. The molecule has 1 rings (SSSR count). The predicted octanol–water partition coefficient (Wildman–Crippen LogP) is 0.297.